The van der Waals surface area contributed by atoms with Crippen molar-refractivity contribution in [2.75, 3.05) is 23.9 Å². The van der Waals surface area contributed by atoms with E-state index in [-0.39, 0.29) is 5.75 Å². The molecule has 1 rings (SSSR count). The van der Waals surface area contributed by atoms with Crippen LogP contribution in [0.25, 0.3) is 0 Å². The van der Waals surface area contributed by atoms with E-state index in [1.807, 2.05) is 12.1 Å². The molecule has 0 radical (unpaired) electrons. The lowest BCUT2D eigenvalue weighted by Gasteiger charge is -2.05. The maximum Gasteiger partial charge on any atom is 0.149 e. The molecule has 0 aliphatic carbocycles. The van der Waals surface area contributed by atoms with E-state index in [0.717, 1.165) is 9.39 Å². The maximum absolute atomic E-state index is 10.8. The van der Waals surface area contributed by atoms with Crippen molar-refractivity contribution < 1.29 is 8.42 Å². The highest BCUT2D eigenvalue weighted by atomic mass is 127. The zero-order chi connectivity index (χ0) is 10.6. The summed E-state index contributed by atoms with van der Waals surface area (Å²) in [5, 5.41) is 2.97. The van der Waals surface area contributed by atoms with Crippen LogP contribution in [0.5, 0.6) is 0 Å². The van der Waals surface area contributed by atoms with Crippen LogP contribution in [-0.2, 0) is 9.84 Å². The van der Waals surface area contributed by atoms with Gasteiger partial charge in [-0.2, -0.15) is 0 Å². The quantitative estimate of drug-likeness (QED) is 0.843. The molecule has 1 aromatic rings. The van der Waals surface area contributed by atoms with Gasteiger partial charge in [-0.3, -0.25) is 0 Å². The molecule has 0 amide bonds. The third-order valence-electron chi connectivity index (χ3n) is 1.52. The van der Waals surface area contributed by atoms with Gasteiger partial charge in [0.15, 0.2) is 0 Å². The summed E-state index contributed by atoms with van der Waals surface area (Å²) < 4.78 is 22.7. The molecule has 6 heteroatoms. The van der Waals surface area contributed by atoms with Gasteiger partial charge in [0, 0.05) is 19.0 Å². The van der Waals surface area contributed by atoms with Crippen molar-refractivity contribution in [1.82, 2.24) is 4.98 Å². The number of nitrogens with one attached hydrogen (secondary N) is 1. The largest absolute Gasteiger partial charge is 0.368 e. The van der Waals surface area contributed by atoms with Crippen molar-refractivity contribution in [3.05, 3.63) is 21.9 Å². The molecule has 0 saturated heterocycles. The molecule has 14 heavy (non-hydrogen) atoms. The standard InChI is InChI=1S/C8H11IN2O2S/c1-14(12,13)6-5-11-8-7(9)3-2-4-10-8/h2-4H,5-6H2,1H3,(H,10,11). The number of sulfone groups is 1. The van der Waals surface area contributed by atoms with Crippen molar-refractivity contribution in [3.8, 4) is 0 Å². The van der Waals surface area contributed by atoms with E-state index in [2.05, 4.69) is 32.9 Å². The topological polar surface area (TPSA) is 59.1 Å². The van der Waals surface area contributed by atoms with E-state index in [0.29, 0.717) is 6.54 Å². The fourth-order valence-electron chi connectivity index (χ4n) is 0.871. The van der Waals surface area contributed by atoms with E-state index in [9.17, 15) is 8.42 Å². The van der Waals surface area contributed by atoms with Gasteiger partial charge in [-0.1, -0.05) is 0 Å². The first-order chi connectivity index (χ1) is 6.49. The van der Waals surface area contributed by atoms with Crippen LogP contribution in [0, 0.1) is 3.57 Å². The summed E-state index contributed by atoms with van der Waals surface area (Å²) in [6, 6.07) is 3.75. The van der Waals surface area contributed by atoms with E-state index in [1.54, 1.807) is 6.20 Å². The number of pyridine rings is 1. The molecule has 1 aromatic heterocycles. The summed E-state index contributed by atoms with van der Waals surface area (Å²) in [6.45, 7) is 0.395. The second-order valence-electron chi connectivity index (χ2n) is 2.89. The molecule has 0 bridgehead atoms. The Morgan fingerprint density at radius 3 is 2.86 bits per heavy atom. The summed E-state index contributed by atoms with van der Waals surface area (Å²) in [6.07, 6.45) is 2.89. The molecule has 0 spiro atoms. The van der Waals surface area contributed by atoms with Gasteiger partial charge in [0.2, 0.25) is 0 Å². The minimum absolute atomic E-state index is 0.125. The molecule has 1 heterocycles. The lowest BCUT2D eigenvalue weighted by Crippen LogP contribution is -2.15. The van der Waals surface area contributed by atoms with Crippen LogP contribution in [0.15, 0.2) is 18.3 Å². The van der Waals surface area contributed by atoms with Gasteiger partial charge in [-0.25, -0.2) is 13.4 Å². The van der Waals surface area contributed by atoms with E-state index >= 15 is 0 Å². The van der Waals surface area contributed by atoms with Crippen LogP contribution in [0.3, 0.4) is 0 Å². The Morgan fingerprint density at radius 2 is 2.29 bits per heavy atom. The first-order valence-corrected chi connectivity index (χ1v) is 7.15. The second kappa shape index (κ2) is 4.92. The first-order valence-electron chi connectivity index (χ1n) is 4.01. The lowest BCUT2D eigenvalue weighted by atomic mass is 10.4. The molecule has 0 aliphatic heterocycles. The number of halogens is 1. The van der Waals surface area contributed by atoms with Crippen LogP contribution in [0.4, 0.5) is 5.82 Å². The fourth-order valence-corrected chi connectivity index (χ4v) is 1.88. The average molecular weight is 326 g/mol. The number of aromatic nitrogens is 1. The van der Waals surface area contributed by atoms with E-state index in [1.165, 1.54) is 6.26 Å². The Morgan fingerprint density at radius 1 is 1.57 bits per heavy atom. The zero-order valence-electron chi connectivity index (χ0n) is 7.70. The van der Waals surface area contributed by atoms with Crippen molar-refractivity contribution >= 4 is 38.2 Å². The Bertz CT molecular complexity index is 406. The first kappa shape index (κ1) is 11.7. The van der Waals surface area contributed by atoms with Crippen molar-refractivity contribution in [2.24, 2.45) is 0 Å². The summed E-state index contributed by atoms with van der Waals surface area (Å²) in [5.74, 6) is 0.858. The molecular weight excluding hydrogens is 315 g/mol. The van der Waals surface area contributed by atoms with Crippen LogP contribution in [-0.4, -0.2) is 32.0 Å². The molecule has 0 aliphatic rings. The lowest BCUT2D eigenvalue weighted by molar-refractivity contribution is 0.602. The minimum atomic E-state index is -2.90. The second-order valence-corrected chi connectivity index (χ2v) is 6.31. The van der Waals surface area contributed by atoms with E-state index < -0.39 is 9.84 Å². The predicted octanol–water partition coefficient (Wildman–Crippen LogP) is 1.14. The van der Waals surface area contributed by atoms with Crippen molar-refractivity contribution in [1.29, 1.82) is 0 Å². The molecule has 0 unspecified atom stereocenters. The third-order valence-corrected chi connectivity index (χ3v) is 3.34. The summed E-state index contributed by atoms with van der Waals surface area (Å²) >= 11 is 2.15. The fraction of sp³-hybridized carbons (Fsp3) is 0.375. The molecule has 0 aromatic carbocycles. The zero-order valence-corrected chi connectivity index (χ0v) is 10.7. The van der Waals surface area contributed by atoms with Crippen LogP contribution in [0.2, 0.25) is 0 Å². The highest BCUT2D eigenvalue weighted by molar-refractivity contribution is 14.1. The van der Waals surface area contributed by atoms with Gasteiger partial charge >= 0.3 is 0 Å². The smallest absolute Gasteiger partial charge is 0.149 e. The van der Waals surface area contributed by atoms with Crippen LogP contribution in [0.1, 0.15) is 0 Å². The van der Waals surface area contributed by atoms with Crippen molar-refractivity contribution in [2.45, 2.75) is 0 Å². The number of hydrogen-bond donors (Lipinski definition) is 1. The molecule has 78 valence electrons. The number of hydrogen-bond acceptors (Lipinski definition) is 4. The van der Waals surface area contributed by atoms with Crippen molar-refractivity contribution in [3.63, 3.8) is 0 Å². The predicted molar refractivity (Wildman–Crippen MR) is 65.2 cm³/mol. The number of rotatable bonds is 4. The summed E-state index contributed by atoms with van der Waals surface area (Å²) in [4.78, 5) is 4.08. The SMILES string of the molecule is CS(=O)(=O)CCNc1ncccc1I. The number of nitrogens with zero attached hydrogens (tertiary/aromatic N) is 1. The summed E-state index contributed by atoms with van der Waals surface area (Å²) in [7, 11) is -2.90. The molecule has 1 N–H and O–H groups in total. The minimum Gasteiger partial charge on any atom is -0.368 e. The van der Waals surface area contributed by atoms with Gasteiger partial charge in [-0.05, 0) is 34.7 Å². The van der Waals surface area contributed by atoms with Crippen LogP contribution < -0.4 is 5.32 Å². The maximum atomic E-state index is 10.8. The van der Waals surface area contributed by atoms with Gasteiger partial charge in [0.1, 0.15) is 15.7 Å². The Balaban J connectivity index is 2.51. The monoisotopic (exact) mass is 326 g/mol. The molecular formula is C8H11IN2O2S. The van der Waals surface area contributed by atoms with Gasteiger partial charge in [0.25, 0.3) is 0 Å². The molecule has 0 atom stereocenters. The Kier molecular flexibility index (Phi) is 4.11. The Hall–Kier alpha value is -0.370. The molecule has 0 saturated carbocycles. The highest BCUT2D eigenvalue weighted by Gasteiger charge is 2.03. The number of anilines is 1. The van der Waals surface area contributed by atoms with Crippen LogP contribution >= 0.6 is 22.6 Å². The normalized spacial score (nSPS) is 11.3. The average Bonchev–Trinajstić information content (AvgIpc) is 2.06. The molecule has 4 nitrogen and oxygen atoms in total. The van der Waals surface area contributed by atoms with Gasteiger partial charge in [-0.15, -0.1) is 0 Å². The van der Waals surface area contributed by atoms with Gasteiger partial charge in [0.05, 0.1) is 9.32 Å². The third kappa shape index (κ3) is 4.23. The highest BCUT2D eigenvalue weighted by Crippen LogP contribution is 2.12. The van der Waals surface area contributed by atoms with Gasteiger partial charge < -0.3 is 5.32 Å². The van der Waals surface area contributed by atoms with E-state index in [4.69, 9.17) is 0 Å². The Labute approximate surface area is 97.2 Å². The summed E-state index contributed by atoms with van der Waals surface area (Å²) in [5.41, 5.74) is 0. The molecule has 0 fully saturated rings.